The first-order chi connectivity index (χ1) is 5.81. The molecule has 0 fully saturated rings. The molecule has 0 aliphatic rings. The molecule has 0 nitrogen and oxygen atoms in total. The van der Waals surface area contributed by atoms with Crippen LogP contribution in [0.15, 0.2) is 11.6 Å². The highest BCUT2D eigenvalue weighted by Gasteiger charge is 1.88. The lowest BCUT2D eigenvalue weighted by atomic mass is 10.1. The maximum Gasteiger partial charge on any atom is -0.0323 e. The first kappa shape index (κ1) is 11.7. The van der Waals surface area contributed by atoms with E-state index in [1.165, 1.54) is 44.9 Å². The Bertz CT molecular complexity index is 111. The first-order valence-electron chi connectivity index (χ1n) is 5.46. The van der Waals surface area contributed by atoms with E-state index in [4.69, 9.17) is 0 Å². The van der Waals surface area contributed by atoms with E-state index in [0.29, 0.717) is 0 Å². The van der Waals surface area contributed by atoms with Gasteiger partial charge in [0, 0.05) is 0 Å². The zero-order valence-electron chi connectivity index (χ0n) is 9.03. The van der Waals surface area contributed by atoms with Crippen molar-refractivity contribution in [2.75, 3.05) is 0 Å². The number of hydrogen-bond donors (Lipinski definition) is 0. The quantitative estimate of drug-likeness (QED) is 0.382. The highest BCUT2D eigenvalue weighted by Crippen LogP contribution is 2.09. The Kier molecular flexibility index (Phi) is 8.64. The molecule has 0 saturated carbocycles. The van der Waals surface area contributed by atoms with Gasteiger partial charge in [-0.25, -0.2) is 0 Å². The summed E-state index contributed by atoms with van der Waals surface area (Å²) in [6.07, 6.45) is 11.8. The predicted molar refractivity (Wildman–Crippen MR) is 57.4 cm³/mol. The van der Waals surface area contributed by atoms with Crippen molar-refractivity contribution in [3.05, 3.63) is 11.6 Å². The molecule has 0 atom stereocenters. The van der Waals surface area contributed by atoms with Crippen LogP contribution in [0.5, 0.6) is 0 Å². The third-order valence-electron chi connectivity index (χ3n) is 2.23. The Morgan fingerprint density at radius 2 is 1.67 bits per heavy atom. The van der Waals surface area contributed by atoms with Gasteiger partial charge >= 0.3 is 0 Å². The van der Waals surface area contributed by atoms with Crippen LogP contribution >= 0.6 is 0 Å². The molecule has 0 N–H and O–H groups in total. The maximum atomic E-state index is 2.42. The average Bonchev–Trinajstić information content (AvgIpc) is 2.09. The lowest BCUT2D eigenvalue weighted by Gasteiger charge is -1.99. The molecular formula is C12H24. The third kappa shape index (κ3) is 7.84. The molecule has 0 amide bonds. The summed E-state index contributed by atoms with van der Waals surface area (Å²) in [6, 6.07) is 0. The lowest BCUT2D eigenvalue weighted by molar-refractivity contribution is 0.720. The molecule has 0 aliphatic heterocycles. The van der Waals surface area contributed by atoms with E-state index in [1.807, 2.05) is 0 Å². The zero-order valence-corrected chi connectivity index (χ0v) is 9.03. The van der Waals surface area contributed by atoms with Crippen molar-refractivity contribution in [3.8, 4) is 0 Å². The van der Waals surface area contributed by atoms with Crippen LogP contribution < -0.4 is 0 Å². The number of rotatable bonds is 7. The molecule has 0 aliphatic carbocycles. The average molecular weight is 168 g/mol. The van der Waals surface area contributed by atoms with Crippen LogP contribution in [0.2, 0.25) is 0 Å². The van der Waals surface area contributed by atoms with Gasteiger partial charge in [-0.05, 0) is 32.6 Å². The smallest absolute Gasteiger partial charge is 0.0323 e. The van der Waals surface area contributed by atoms with Crippen LogP contribution in [0.25, 0.3) is 0 Å². The van der Waals surface area contributed by atoms with Gasteiger partial charge in [0.05, 0.1) is 0 Å². The van der Waals surface area contributed by atoms with Gasteiger partial charge in [0.25, 0.3) is 0 Å². The van der Waals surface area contributed by atoms with Crippen molar-refractivity contribution < 1.29 is 0 Å². The van der Waals surface area contributed by atoms with E-state index in [2.05, 4.69) is 26.8 Å². The number of hydrogen-bond acceptors (Lipinski definition) is 0. The molecule has 0 spiro atoms. The Hall–Kier alpha value is -0.260. The Labute approximate surface area is 78.1 Å². The Morgan fingerprint density at radius 3 is 2.25 bits per heavy atom. The van der Waals surface area contributed by atoms with Crippen molar-refractivity contribution >= 4 is 0 Å². The molecule has 0 unspecified atom stereocenters. The fourth-order valence-electron chi connectivity index (χ4n) is 1.30. The molecule has 0 aromatic rings. The largest absolute Gasteiger partial charge is 0.0856 e. The zero-order chi connectivity index (χ0) is 9.23. The van der Waals surface area contributed by atoms with Gasteiger partial charge in [-0.2, -0.15) is 0 Å². The van der Waals surface area contributed by atoms with Crippen molar-refractivity contribution in [2.24, 2.45) is 0 Å². The fraction of sp³-hybridized carbons (Fsp3) is 0.833. The Morgan fingerprint density at radius 1 is 1.00 bits per heavy atom. The maximum absolute atomic E-state index is 2.42. The van der Waals surface area contributed by atoms with Gasteiger partial charge in [-0.1, -0.05) is 44.8 Å². The highest BCUT2D eigenvalue weighted by molar-refractivity contribution is 4.97. The van der Waals surface area contributed by atoms with E-state index in [9.17, 15) is 0 Å². The van der Waals surface area contributed by atoms with E-state index < -0.39 is 0 Å². The fourth-order valence-corrected chi connectivity index (χ4v) is 1.30. The summed E-state index contributed by atoms with van der Waals surface area (Å²) in [5, 5.41) is 0. The summed E-state index contributed by atoms with van der Waals surface area (Å²) < 4.78 is 0. The lowest BCUT2D eigenvalue weighted by Crippen LogP contribution is -1.78. The summed E-state index contributed by atoms with van der Waals surface area (Å²) in [5.74, 6) is 0. The standard InChI is InChI=1S/C12H24/c1-4-6-8-9-11-12(3)10-7-5-2/h11H,4-10H2,1-3H3/b12-11+. The molecule has 0 aromatic carbocycles. The topological polar surface area (TPSA) is 0 Å². The molecule has 0 aromatic heterocycles. The summed E-state index contributed by atoms with van der Waals surface area (Å²) in [5.41, 5.74) is 1.59. The van der Waals surface area contributed by atoms with Crippen molar-refractivity contribution in [1.29, 1.82) is 0 Å². The van der Waals surface area contributed by atoms with Crippen LogP contribution in [0.3, 0.4) is 0 Å². The van der Waals surface area contributed by atoms with Crippen molar-refractivity contribution in [3.63, 3.8) is 0 Å². The summed E-state index contributed by atoms with van der Waals surface area (Å²) in [7, 11) is 0. The Balaban J connectivity index is 3.28. The van der Waals surface area contributed by atoms with Gasteiger partial charge < -0.3 is 0 Å². The van der Waals surface area contributed by atoms with Crippen molar-refractivity contribution in [1.82, 2.24) is 0 Å². The molecule has 72 valence electrons. The van der Waals surface area contributed by atoms with E-state index in [1.54, 1.807) is 5.57 Å². The van der Waals surface area contributed by atoms with Crippen LogP contribution in [0, 0.1) is 0 Å². The van der Waals surface area contributed by atoms with Crippen LogP contribution in [0.4, 0.5) is 0 Å². The van der Waals surface area contributed by atoms with Crippen LogP contribution in [0.1, 0.15) is 65.7 Å². The first-order valence-corrected chi connectivity index (χ1v) is 5.46. The molecule has 0 saturated heterocycles. The predicted octanol–water partition coefficient (Wildman–Crippen LogP) is 4.70. The van der Waals surface area contributed by atoms with E-state index in [0.717, 1.165) is 0 Å². The normalized spacial score (nSPS) is 12.1. The SMILES string of the molecule is CCCCC/C=C(\C)CCCC. The van der Waals surface area contributed by atoms with Gasteiger partial charge in [-0.15, -0.1) is 0 Å². The second kappa shape index (κ2) is 8.83. The highest BCUT2D eigenvalue weighted by atomic mass is 14.0. The molecule has 12 heavy (non-hydrogen) atoms. The van der Waals surface area contributed by atoms with Crippen molar-refractivity contribution in [2.45, 2.75) is 65.7 Å². The minimum atomic E-state index is 1.30. The second-order valence-corrected chi connectivity index (χ2v) is 3.65. The van der Waals surface area contributed by atoms with E-state index in [-0.39, 0.29) is 0 Å². The molecule has 0 radical (unpaired) electrons. The van der Waals surface area contributed by atoms with E-state index >= 15 is 0 Å². The molecule has 0 rings (SSSR count). The molecule has 0 heterocycles. The number of allylic oxidation sites excluding steroid dienone is 2. The summed E-state index contributed by atoms with van der Waals surface area (Å²) >= 11 is 0. The third-order valence-corrected chi connectivity index (χ3v) is 2.23. The van der Waals surface area contributed by atoms with Gasteiger partial charge in [0.1, 0.15) is 0 Å². The second-order valence-electron chi connectivity index (χ2n) is 3.65. The minimum Gasteiger partial charge on any atom is -0.0856 e. The molecule has 0 bridgehead atoms. The minimum absolute atomic E-state index is 1.30. The number of unbranched alkanes of at least 4 members (excludes halogenated alkanes) is 4. The summed E-state index contributed by atoms with van der Waals surface area (Å²) in [6.45, 7) is 6.78. The van der Waals surface area contributed by atoms with Gasteiger partial charge in [-0.3, -0.25) is 0 Å². The van der Waals surface area contributed by atoms with Crippen LogP contribution in [-0.2, 0) is 0 Å². The van der Waals surface area contributed by atoms with Gasteiger partial charge in [0.15, 0.2) is 0 Å². The van der Waals surface area contributed by atoms with Crippen LogP contribution in [-0.4, -0.2) is 0 Å². The molecular weight excluding hydrogens is 144 g/mol. The molecule has 0 heteroatoms. The monoisotopic (exact) mass is 168 g/mol. The van der Waals surface area contributed by atoms with Gasteiger partial charge in [0.2, 0.25) is 0 Å². The summed E-state index contributed by atoms with van der Waals surface area (Å²) in [4.78, 5) is 0.